The molecule has 98 valence electrons. The highest BCUT2D eigenvalue weighted by Crippen LogP contribution is 2.22. The zero-order chi connectivity index (χ0) is 13.8. The number of esters is 1. The second-order valence-electron chi connectivity index (χ2n) is 4.35. The first kappa shape index (κ1) is 13.1. The van der Waals surface area contributed by atoms with Crippen molar-refractivity contribution >= 4 is 12.3 Å². The van der Waals surface area contributed by atoms with Crippen LogP contribution in [0.3, 0.4) is 0 Å². The molecule has 0 saturated heterocycles. The van der Waals surface area contributed by atoms with Crippen molar-refractivity contribution in [2.45, 2.75) is 20.0 Å². The van der Waals surface area contributed by atoms with Crippen LogP contribution >= 0.6 is 0 Å². The van der Waals surface area contributed by atoms with Crippen molar-refractivity contribution in [2.24, 2.45) is 0 Å². The predicted octanol–water partition coefficient (Wildman–Crippen LogP) is 3.32. The summed E-state index contributed by atoms with van der Waals surface area (Å²) in [5, 5.41) is 0. The molecule has 0 radical (unpaired) electrons. The van der Waals surface area contributed by atoms with Crippen molar-refractivity contribution in [3.05, 3.63) is 47.7 Å². The molecule has 0 N–H and O–H groups in total. The molecule has 0 amide bonds. The van der Waals surface area contributed by atoms with Crippen LogP contribution < -0.4 is 0 Å². The van der Waals surface area contributed by atoms with Gasteiger partial charge in [0.15, 0.2) is 12.0 Å². The van der Waals surface area contributed by atoms with Gasteiger partial charge in [-0.2, -0.15) is 0 Å². The van der Waals surface area contributed by atoms with Gasteiger partial charge < -0.3 is 9.15 Å². The Kier molecular flexibility index (Phi) is 3.80. The standard InChI is InChI=1S/C15H14O4/c1-10(2)18-15(17)12-5-3-11(4-6-12)14-8-7-13(9-16)19-14/h3-10H,1-2H3. The predicted molar refractivity (Wildman–Crippen MR) is 70.1 cm³/mol. The minimum atomic E-state index is -0.352. The van der Waals surface area contributed by atoms with Crippen molar-refractivity contribution in [1.82, 2.24) is 0 Å². The number of hydrogen-bond acceptors (Lipinski definition) is 4. The van der Waals surface area contributed by atoms with E-state index in [4.69, 9.17) is 9.15 Å². The molecule has 0 aliphatic rings. The third kappa shape index (κ3) is 3.10. The van der Waals surface area contributed by atoms with Crippen LogP contribution in [0.15, 0.2) is 40.8 Å². The Balaban J connectivity index is 2.18. The molecule has 0 aliphatic heterocycles. The molecule has 1 heterocycles. The van der Waals surface area contributed by atoms with Crippen LogP contribution in [-0.2, 0) is 4.74 Å². The summed E-state index contributed by atoms with van der Waals surface area (Å²) < 4.78 is 10.4. The van der Waals surface area contributed by atoms with Gasteiger partial charge in [-0.25, -0.2) is 4.79 Å². The topological polar surface area (TPSA) is 56.5 Å². The summed E-state index contributed by atoms with van der Waals surface area (Å²) in [6, 6.07) is 10.2. The molecule has 19 heavy (non-hydrogen) atoms. The van der Waals surface area contributed by atoms with Gasteiger partial charge in [-0.1, -0.05) is 12.1 Å². The van der Waals surface area contributed by atoms with Crippen LogP contribution in [0.4, 0.5) is 0 Å². The van der Waals surface area contributed by atoms with Crippen molar-refractivity contribution < 1.29 is 18.7 Å². The highest BCUT2D eigenvalue weighted by molar-refractivity contribution is 5.90. The monoisotopic (exact) mass is 258 g/mol. The van der Waals surface area contributed by atoms with Crippen molar-refractivity contribution in [2.75, 3.05) is 0 Å². The second-order valence-corrected chi connectivity index (χ2v) is 4.35. The number of benzene rings is 1. The fourth-order valence-corrected chi connectivity index (χ4v) is 1.62. The second kappa shape index (κ2) is 5.52. The summed E-state index contributed by atoms with van der Waals surface area (Å²) >= 11 is 0. The molecule has 0 bridgehead atoms. The van der Waals surface area contributed by atoms with Gasteiger partial charge in [0.2, 0.25) is 0 Å². The Bertz CT molecular complexity index is 578. The first-order valence-corrected chi connectivity index (χ1v) is 5.96. The Labute approximate surface area is 111 Å². The lowest BCUT2D eigenvalue weighted by molar-refractivity contribution is 0.0378. The molecule has 0 unspecified atom stereocenters. The summed E-state index contributed by atoms with van der Waals surface area (Å²) in [5.74, 6) is 0.513. The Morgan fingerprint density at radius 3 is 2.37 bits per heavy atom. The number of rotatable bonds is 4. The van der Waals surface area contributed by atoms with E-state index in [0.717, 1.165) is 5.56 Å². The van der Waals surface area contributed by atoms with Crippen molar-refractivity contribution in [1.29, 1.82) is 0 Å². The van der Waals surface area contributed by atoms with Crippen LogP contribution in [0.1, 0.15) is 34.8 Å². The number of furan rings is 1. The molecule has 0 aliphatic carbocycles. The van der Waals surface area contributed by atoms with E-state index < -0.39 is 0 Å². The maximum atomic E-state index is 11.7. The fraction of sp³-hybridized carbons (Fsp3) is 0.200. The van der Waals surface area contributed by atoms with E-state index in [1.165, 1.54) is 0 Å². The van der Waals surface area contributed by atoms with Crippen LogP contribution in [0.25, 0.3) is 11.3 Å². The SMILES string of the molecule is CC(C)OC(=O)c1ccc(-c2ccc(C=O)o2)cc1. The summed E-state index contributed by atoms with van der Waals surface area (Å²) in [6.45, 7) is 3.60. The summed E-state index contributed by atoms with van der Waals surface area (Å²) in [6.07, 6.45) is 0.505. The van der Waals surface area contributed by atoms with Crippen LogP contribution in [-0.4, -0.2) is 18.4 Å². The van der Waals surface area contributed by atoms with E-state index in [2.05, 4.69) is 0 Å². The summed E-state index contributed by atoms with van der Waals surface area (Å²) in [5.41, 5.74) is 1.29. The molecule has 1 aromatic carbocycles. The number of carbonyl (C=O) groups excluding carboxylic acids is 2. The number of ether oxygens (including phenoxy) is 1. The summed E-state index contributed by atoms with van der Waals surface area (Å²) in [4.78, 5) is 22.2. The third-order valence-corrected chi connectivity index (χ3v) is 2.49. The van der Waals surface area contributed by atoms with Gasteiger partial charge in [-0.3, -0.25) is 4.79 Å². The van der Waals surface area contributed by atoms with Crippen LogP contribution in [0.5, 0.6) is 0 Å². The van der Waals surface area contributed by atoms with E-state index in [1.54, 1.807) is 50.2 Å². The van der Waals surface area contributed by atoms with Crippen molar-refractivity contribution in [3.63, 3.8) is 0 Å². The molecule has 0 spiro atoms. The van der Waals surface area contributed by atoms with E-state index >= 15 is 0 Å². The van der Waals surface area contributed by atoms with E-state index in [0.29, 0.717) is 17.6 Å². The average molecular weight is 258 g/mol. The highest BCUT2D eigenvalue weighted by Gasteiger charge is 2.10. The molecule has 4 nitrogen and oxygen atoms in total. The van der Waals surface area contributed by atoms with Gasteiger partial charge in [0.25, 0.3) is 0 Å². The smallest absolute Gasteiger partial charge is 0.338 e. The number of carbonyl (C=O) groups is 2. The van der Waals surface area contributed by atoms with Gasteiger partial charge in [-0.05, 0) is 38.1 Å². The van der Waals surface area contributed by atoms with Gasteiger partial charge in [0.1, 0.15) is 5.76 Å². The van der Waals surface area contributed by atoms with Crippen LogP contribution in [0, 0.1) is 0 Å². The molecule has 0 atom stereocenters. The number of hydrogen-bond donors (Lipinski definition) is 0. The molecule has 0 fully saturated rings. The lowest BCUT2D eigenvalue weighted by Gasteiger charge is -2.07. The quantitative estimate of drug-likeness (QED) is 0.623. The molecule has 2 aromatic rings. The van der Waals surface area contributed by atoms with Gasteiger partial charge in [0, 0.05) is 5.56 Å². The Morgan fingerprint density at radius 2 is 1.84 bits per heavy atom. The normalized spacial score (nSPS) is 10.5. The lowest BCUT2D eigenvalue weighted by Crippen LogP contribution is -2.11. The first-order chi connectivity index (χ1) is 9.10. The zero-order valence-corrected chi connectivity index (χ0v) is 10.8. The molecular formula is C15H14O4. The van der Waals surface area contributed by atoms with Gasteiger partial charge >= 0.3 is 5.97 Å². The maximum Gasteiger partial charge on any atom is 0.338 e. The molecule has 4 heteroatoms. The fourth-order valence-electron chi connectivity index (χ4n) is 1.62. The van der Waals surface area contributed by atoms with Crippen LogP contribution in [0.2, 0.25) is 0 Å². The zero-order valence-electron chi connectivity index (χ0n) is 10.8. The molecule has 0 saturated carbocycles. The molecular weight excluding hydrogens is 244 g/mol. The minimum Gasteiger partial charge on any atom is -0.459 e. The largest absolute Gasteiger partial charge is 0.459 e. The van der Waals surface area contributed by atoms with Gasteiger partial charge in [0.05, 0.1) is 11.7 Å². The minimum absolute atomic E-state index is 0.146. The van der Waals surface area contributed by atoms with E-state index in [9.17, 15) is 9.59 Å². The van der Waals surface area contributed by atoms with E-state index in [1.807, 2.05) is 0 Å². The highest BCUT2D eigenvalue weighted by atomic mass is 16.5. The van der Waals surface area contributed by atoms with E-state index in [-0.39, 0.29) is 17.8 Å². The summed E-state index contributed by atoms with van der Waals surface area (Å²) in [7, 11) is 0. The Hall–Kier alpha value is -2.36. The third-order valence-electron chi connectivity index (χ3n) is 2.49. The molecule has 2 rings (SSSR count). The first-order valence-electron chi connectivity index (χ1n) is 5.96. The average Bonchev–Trinajstić information content (AvgIpc) is 2.87. The maximum absolute atomic E-state index is 11.7. The van der Waals surface area contributed by atoms with Crippen molar-refractivity contribution in [3.8, 4) is 11.3 Å². The number of aldehydes is 1. The molecule has 1 aromatic heterocycles. The van der Waals surface area contributed by atoms with Gasteiger partial charge in [-0.15, -0.1) is 0 Å². The Morgan fingerprint density at radius 1 is 1.16 bits per heavy atom. The lowest BCUT2D eigenvalue weighted by atomic mass is 10.1.